The molecule has 3 aromatic rings. The lowest BCUT2D eigenvalue weighted by Crippen LogP contribution is -2.33. The Hall–Kier alpha value is -3.68. The van der Waals surface area contributed by atoms with Crippen LogP contribution in [0, 0.1) is 0 Å². The van der Waals surface area contributed by atoms with Gasteiger partial charge >= 0.3 is 0 Å². The maximum Gasteiger partial charge on any atom is 0.274 e. The van der Waals surface area contributed by atoms with Crippen molar-refractivity contribution in [3.05, 3.63) is 83.4 Å². The number of carbonyl (C=O) groups is 2. The molecule has 35 heavy (non-hydrogen) atoms. The first kappa shape index (κ1) is 24.4. The van der Waals surface area contributed by atoms with Crippen molar-refractivity contribution in [1.82, 2.24) is 15.7 Å². The van der Waals surface area contributed by atoms with E-state index in [4.69, 9.17) is 9.94 Å². The van der Waals surface area contributed by atoms with Gasteiger partial charge in [0.25, 0.3) is 11.8 Å². The molecule has 1 saturated heterocycles. The van der Waals surface area contributed by atoms with Crippen molar-refractivity contribution < 1.29 is 19.5 Å². The molecule has 0 radical (unpaired) electrons. The highest BCUT2D eigenvalue weighted by Gasteiger charge is 2.21. The van der Waals surface area contributed by atoms with E-state index in [2.05, 4.69) is 17.3 Å². The molecule has 3 N–H and O–H groups in total. The fraction of sp³-hybridized carbons (Fsp3) is 0.286. The molecule has 0 saturated carbocycles. The number of nitrogens with one attached hydrogen (secondary N) is 2. The summed E-state index contributed by atoms with van der Waals surface area (Å²) in [7, 11) is 2.13. The van der Waals surface area contributed by atoms with Crippen molar-refractivity contribution in [3.63, 3.8) is 0 Å². The van der Waals surface area contributed by atoms with Gasteiger partial charge in [-0.2, -0.15) is 0 Å². The quantitative estimate of drug-likeness (QED) is 0.248. The number of likely N-dealkylation sites (tertiary alicyclic amines) is 1. The van der Waals surface area contributed by atoms with Crippen molar-refractivity contribution in [2.45, 2.75) is 25.3 Å². The van der Waals surface area contributed by atoms with Gasteiger partial charge in [-0.3, -0.25) is 14.8 Å². The number of hydroxylamine groups is 1. The van der Waals surface area contributed by atoms with Crippen LogP contribution >= 0.6 is 0 Å². The topological polar surface area (TPSA) is 90.9 Å². The minimum atomic E-state index is -0.588. The van der Waals surface area contributed by atoms with E-state index in [0.29, 0.717) is 29.5 Å². The highest BCUT2D eigenvalue weighted by molar-refractivity contribution is 5.98. The predicted molar refractivity (Wildman–Crippen MR) is 136 cm³/mol. The maximum atomic E-state index is 13.1. The number of ether oxygens (including phenoxy) is 1. The van der Waals surface area contributed by atoms with Gasteiger partial charge in [0.05, 0.1) is 5.57 Å². The molecule has 1 aliphatic heterocycles. The molecule has 7 heteroatoms. The third-order valence-corrected chi connectivity index (χ3v) is 6.47. The summed E-state index contributed by atoms with van der Waals surface area (Å²) >= 11 is 0. The summed E-state index contributed by atoms with van der Waals surface area (Å²) in [5.74, 6) is -0.0536. The first-order valence-electron chi connectivity index (χ1n) is 11.9. The molecule has 182 valence electrons. The van der Waals surface area contributed by atoms with Gasteiger partial charge in [0.15, 0.2) is 0 Å². The molecular weight excluding hydrogens is 442 g/mol. The van der Waals surface area contributed by atoms with Crippen LogP contribution < -0.4 is 15.5 Å². The molecule has 1 heterocycles. The summed E-state index contributed by atoms with van der Waals surface area (Å²) in [5.41, 5.74) is 3.18. The summed E-state index contributed by atoms with van der Waals surface area (Å²) in [5, 5.41) is 13.9. The Bertz CT molecular complexity index is 1200. The third-order valence-electron chi connectivity index (χ3n) is 6.47. The molecule has 0 aromatic heterocycles. The van der Waals surface area contributed by atoms with E-state index < -0.39 is 5.91 Å². The predicted octanol–water partition coefficient (Wildman–Crippen LogP) is 4.02. The van der Waals surface area contributed by atoms with Crippen LogP contribution in [-0.4, -0.2) is 54.7 Å². The van der Waals surface area contributed by atoms with Gasteiger partial charge in [-0.25, -0.2) is 5.48 Å². The molecule has 0 spiro atoms. The molecule has 4 rings (SSSR count). The Balaban J connectivity index is 1.50. The van der Waals surface area contributed by atoms with E-state index in [1.54, 1.807) is 35.8 Å². The summed E-state index contributed by atoms with van der Waals surface area (Å²) in [6.07, 6.45) is 5.03. The van der Waals surface area contributed by atoms with Crippen molar-refractivity contribution in [1.29, 1.82) is 0 Å². The van der Waals surface area contributed by atoms with Crippen LogP contribution in [0.15, 0.2) is 72.3 Å². The van der Waals surface area contributed by atoms with Crippen LogP contribution in [0.4, 0.5) is 0 Å². The highest BCUT2D eigenvalue weighted by atomic mass is 16.5. The lowest BCUT2D eigenvalue weighted by atomic mass is 10.1. The summed E-state index contributed by atoms with van der Waals surface area (Å²) < 4.78 is 6.12. The zero-order chi connectivity index (χ0) is 24.6. The summed E-state index contributed by atoms with van der Waals surface area (Å²) in [6, 6.07) is 21.0. The van der Waals surface area contributed by atoms with E-state index in [-0.39, 0.29) is 12.5 Å². The highest BCUT2D eigenvalue weighted by Crippen LogP contribution is 2.26. The molecule has 0 bridgehead atoms. The molecule has 2 amide bonds. The largest absolute Gasteiger partial charge is 0.488 e. The Morgan fingerprint density at radius 1 is 1.09 bits per heavy atom. The number of hydrogen-bond donors (Lipinski definition) is 3. The van der Waals surface area contributed by atoms with Gasteiger partial charge in [0.1, 0.15) is 12.4 Å². The van der Waals surface area contributed by atoms with Gasteiger partial charge in [0.2, 0.25) is 0 Å². The van der Waals surface area contributed by atoms with Gasteiger partial charge in [-0.15, -0.1) is 0 Å². The number of fused-ring (bicyclic) bond motifs is 1. The molecule has 7 nitrogen and oxygen atoms in total. The molecule has 3 aromatic carbocycles. The fourth-order valence-electron chi connectivity index (χ4n) is 4.46. The molecule has 1 atom stereocenters. The molecule has 0 aliphatic carbocycles. The minimum Gasteiger partial charge on any atom is -0.488 e. The van der Waals surface area contributed by atoms with E-state index in [1.165, 1.54) is 6.42 Å². The SMILES string of the molecule is CN1CCCC1CCNC(=O)/C(=C/c1ccc(C(=O)NO)cc1)COc1cccc2ccccc12. The third kappa shape index (κ3) is 6.26. The van der Waals surface area contributed by atoms with Crippen LogP contribution in [-0.2, 0) is 4.79 Å². The Kier molecular flexibility index (Phi) is 8.13. The van der Waals surface area contributed by atoms with Crippen LogP contribution in [0.2, 0.25) is 0 Å². The summed E-state index contributed by atoms with van der Waals surface area (Å²) in [4.78, 5) is 27.1. The zero-order valence-electron chi connectivity index (χ0n) is 19.9. The molecule has 1 fully saturated rings. The molecular formula is C28H31N3O4. The van der Waals surface area contributed by atoms with Crippen molar-refractivity contribution in [2.75, 3.05) is 26.7 Å². The number of carbonyl (C=O) groups excluding carboxylic acids is 2. The fourth-order valence-corrected chi connectivity index (χ4v) is 4.46. The van der Waals surface area contributed by atoms with Crippen LogP contribution in [0.25, 0.3) is 16.8 Å². The van der Waals surface area contributed by atoms with E-state index in [1.807, 2.05) is 42.5 Å². The van der Waals surface area contributed by atoms with Crippen molar-refractivity contribution in [2.24, 2.45) is 0 Å². The van der Waals surface area contributed by atoms with Gasteiger partial charge in [0, 0.05) is 23.5 Å². The average molecular weight is 474 g/mol. The normalized spacial score (nSPS) is 16.3. The van der Waals surface area contributed by atoms with E-state index in [9.17, 15) is 9.59 Å². The lowest BCUT2D eigenvalue weighted by Gasteiger charge is -2.19. The second kappa shape index (κ2) is 11.6. The molecule has 1 unspecified atom stereocenters. The second-order valence-electron chi connectivity index (χ2n) is 8.82. The van der Waals surface area contributed by atoms with Crippen LogP contribution in [0.3, 0.4) is 0 Å². The van der Waals surface area contributed by atoms with Gasteiger partial charge in [-0.05, 0) is 68.1 Å². The number of rotatable bonds is 9. The number of amides is 2. The van der Waals surface area contributed by atoms with Crippen LogP contribution in [0.1, 0.15) is 35.2 Å². The Morgan fingerprint density at radius 3 is 2.60 bits per heavy atom. The first-order chi connectivity index (χ1) is 17.0. The number of benzene rings is 3. The molecule has 1 aliphatic rings. The Labute approximate surface area is 205 Å². The average Bonchev–Trinajstić information content (AvgIpc) is 3.30. The van der Waals surface area contributed by atoms with E-state index in [0.717, 1.165) is 35.7 Å². The van der Waals surface area contributed by atoms with E-state index >= 15 is 0 Å². The standard InChI is InChI=1S/C28H31N3O4/c1-31-17-5-8-24(31)15-16-29-27(32)23(18-20-11-13-22(14-12-20)28(33)30-34)19-35-26-10-4-7-21-6-2-3-9-25(21)26/h2-4,6-7,9-14,18,24,34H,5,8,15-17,19H2,1H3,(H,29,32)(H,30,33)/b23-18+. The number of hydrogen-bond acceptors (Lipinski definition) is 5. The van der Waals surface area contributed by atoms with Crippen LogP contribution in [0.5, 0.6) is 5.75 Å². The maximum absolute atomic E-state index is 13.1. The number of nitrogens with zero attached hydrogens (tertiary/aromatic N) is 1. The first-order valence-corrected chi connectivity index (χ1v) is 11.9. The van der Waals surface area contributed by atoms with Gasteiger partial charge in [-0.1, -0.05) is 48.5 Å². The summed E-state index contributed by atoms with van der Waals surface area (Å²) in [6.45, 7) is 1.80. The zero-order valence-corrected chi connectivity index (χ0v) is 19.9. The van der Waals surface area contributed by atoms with Gasteiger partial charge < -0.3 is 15.0 Å². The van der Waals surface area contributed by atoms with Crippen molar-refractivity contribution >= 4 is 28.7 Å². The Morgan fingerprint density at radius 2 is 1.86 bits per heavy atom. The second-order valence-corrected chi connectivity index (χ2v) is 8.82. The van der Waals surface area contributed by atoms with Crippen molar-refractivity contribution in [3.8, 4) is 5.75 Å². The lowest BCUT2D eigenvalue weighted by molar-refractivity contribution is -0.117. The smallest absolute Gasteiger partial charge is 0.274 e. The minimum absolute atomic E-state index is 0.0993. The monoisotopic (exact) mass is 473 g/mol.